The monoisotopic (exact) mass is 269 g/mol. The van der Waals surface area contributed by atoms with Gasteiger partial charge in [0.2, 0.25) is 0 Å². The van der Waals surface area contributed by atoms with Gasteiger partial charge in [0.15, 0.2) is 0 Å². The first-order valence-corrected chi connectivity index (χ1v) is 6.94. The minimum absolute atomic E-state index is 0.445. The Balaban J connectivity index is 2.62. The molecule has 0 aromatic carbocycles. The minimum Gasteiger partial charge on any atom is -0.432 e. The van der Waals surface area contributed by atoms with E-state index in [1.54, 1.807) is 13.4 Å². The molecule has 19 heavy (non-hydrogen) atoms. The van der Waals surface area contributed by atoms with Gasteiger partial charge in [0.1, 0.15) is 6.26 Å². The number of oxazole rings is 1. The maximum absolute atomic E-state index is 5.58. The third-order valence-electron chi connectivity index (χ3n) is 2.65. The van der Waals surface area contributed by atoms with E-state index in [9.17, 15) is 0 Å². The Morgan fingerprint density at radius 2 is 2.11 bits per heavy atom. The summed E-state index contributed by atoms with van der Waals surface area (Å²) >= 11 is 0. The summed E-state index contributed by atoms with van der Waals surface area (Å²) in [5, 5.41) is 3.33. The fourth-order valence-corrected chi connectivity index (χ4v) is 1.74. The summed E-state index contributed by atoms with van der Waals surface area (Å²) in [5.41, 5.74) is 0.940. The van der Waals surface area contributed by atoms with E-state index >= 15 is 0 Å². The second kappa shape index (κ2) is 8.17. The van der Waals surface area contributed by atoms with Crippen LogP contribution in [0.2, 0.25) is 0 Å². The van der Waals surface area contributed by atoms with Crippen LogP contribution in [0.4, 0.5) is 6.01 Å². The zero-order valence-corrected chi connectivity index (χ0v) is 12.8. The van der Waals surface area contributed by atoms with Crippen LogP contribution in [0.3, 0.4) is 0 Å². The predicted octanol–water partition coefficient (Wildman–Crippen LogP) is 2.28. The number of methoxy groups -OCH3 is 1. The maximum Gasteiger partial charge on any atom is 0.297 e. The summed E-state index contributed by atoms with van der Waals surface area (Å²) in [5.74, 6) is 0.556. The number of nitrogens with zero attached hydrogens (tertiary/aromatic N) is 2. The normalized spacial score (nSPS) is 11.5. The molecule has 0 spiro atoms. The Hall–Kier alpha value is -1.07. The second-order valence-electron chi connectivity index (χ2n) is 5.49. The lowest BCUT2D eigenvalue weighted by atomic mass is 10.2. The van der Waals surface area contributed by atoms with Gasteiger partial charge in [-0.3, -0.25) is 0 Å². The molecule has 1 heterocycles. The fourth-order valence-electron chi connectivity index (χ4n) is 1.74. The van der Waals surface area contributed by atoms with Crippen molar-refractivity contribution in [2.45, 2.75) is 40.3 Å². The third kappa shape index (κ3) is 6.07. The fraction of sp³-hybridized carbons (Fsp3) is 0.786. The molecule has 0 aliphatic heterocycles. The summed E-state index contributed by atoms with van der Waals surface area (Å²) in [4.78, 5) is 6.66. The molecule has 0 amide bonds. The molecule has 0 aliphatic rings. The van der Waals surface area contributed by atoms with E-state index in [4.69, 9.17) is 9.15 Å². The second-order valence-corrected chi connectivity index (χ2v) is 5.49. The average molecular weight is 269 g/mol. The highest BCUT2D eigenvalue weighted by molar-refractivity contribution is 5.27. The van der Waals surface area contributed by atoms with Gasteiger partial charge in [-0.2, -0.15) is 4.98 Å². The van der Waals surface area contributed by atoms with Crippen molar-refractivity contribution >= 4 is 6.01 Å². The molecule has 0 unspecified atom stereocenters. The topological polar surface area (TPSA) is 50.5 Å². The van der Waals surface area contributed by atoms with E-state index in [1.165, 1.54) is 0 Å². The van der Waals surface area contributed by atoms with Gasteiger partial charge >= 0.3 is 0 Å². The molecule has 1 N–H and O–H groups in total. The first-order valence-electron chi connectivity index (χ1n) is 6.94. The number of aromatic nitrogens is 1. The Morgan fingerprint density at radius 3 is 2.68 bits per heavy atom. The summed E-state index contributed by atoms with van der Waals surface area (Å²) in [7, 11) is 1.71. The molecule has 0 saturated carbocycles. The van der Waals surface area contributed by atoms with Crippen LogP contribution in [0.1, 0.15) is 33.4 Å². The van der Waals surface area contributed by atoms with Gasteiger partial charge in [-0.1, -0.05) is 27.7 Å². The predicted molar refractivity (Wildman–Crippen MR) is 77.4 cm³/mol. The quantitative estimate of drug-likeness (QED) is 0.745. The number of rotatable bonds is 9. The molecule has 5 heteroatoms. The molecule has 0 atom stereocenters. The van der Waals surface area contributed by atoms with Crippen LogP contribution in [-0.4, -0.2) is 37.8 Å². The molecule has 1 aromatic rings. The van der Waals surface area contributed by atoms with Crippen LogP contribution in [0.15, 0.2) is 10.7 Å². The molecule has 1 rings (SSSR count). The molecule has 0 radical (unpaired) electrons. The molecular weight excluding hydrogens is 242 g/mol. The largest absolute Gasteiger partial charge is 0.432 e. The van der Waals surface area contributed by atoms with Crippen molar-refractivity contribution in [2.75, 3.05) is 31.7 Å². The zero-order chi connectivity index (χ0) is 14.3. The number of hydrogen-bond donors (Lipinski definition) is 1. The molecule has 5 nitrogen and oxygen atoms in total. The standard InChI is InChI=1S/C14H27N3O2/c1-11(2)9-17(6-7-18-5)14-16-13(10-19-14)8-15-12(3)4/h10-12,15H,6-9H2,1-5H3. The van der Waals surface area contributed by atoms with Crippen molar-refractivity contribution < 1.29 is 9.15 Å². The summed E-state index contributed by atoms with van der Waals surface area (Å²) in [6.07, 6.45) is 1.73. The van der Waals surface area contributed by atoms with Crippen LogP contribution < -0.4 is 10.2 Å². The van der Waals surface area contributed by atoms with Crippen LogP contribution in [0.5, 0.6) is 0 Å². The first-order chi connectivity index (χ1) is 9.02. The molecule has 110 valence electrons. The van der Waals surface area contributed by atoms with Gasteiger partial charge in [0, 0.05) is 32.8 Å². The Kier molecular flexibility index (Phi) is 6.87. The highest BCUT2D eigenvalue weighted by atomic mass is 16.5. The Labute approximate surface area is 116 Å². The molecule has 0 saturated heterocycles. The van der Waals surface area contributed by atoms with Crippen LogP contribution >= 0.6 is 0 Å². The van der Waals surface area contributed by atoms with Gasteiger partial charge in [0.05, 0.1) is 12.3 Å². The van der Waals surface area contributed by atoms with E-state index in [0.717, 1.165) is 25.3 Å². The van der Waals surface area contributed by atoms with Gasteiger partial charge in [-0.05, 0) is 5.92 Å². The first kappa shape index (κ1) is 16.0. The van der Waals surface area contributed by atoms with Gasteiger partial charge < -0.3 is 19.4 Å². The average Bonchev–Trinajstić information content (AvgIpc) is 2.80. The van der Waals surface area contributed by atoms with Crippen LogP contribution in [0, 0.1) is 5.92 Å². The minimum atomic E-state index is 0.445. The van der Waals surface area contributed by atoms with E-state index in [-0.39, 0.29) is 0 Å². The van der Waals surface area contributed by atoms with Crippen molar-refractivity contribution in [3.8, 4) is 0 Å². The van der Waals surface area contributed by atoms with Gasteiger partial charge in [0.25, 0.3) is 6.01 Å². The molecule has 0 fully saturated rings. The summed E-state index contributed by atoms with van der Waals surface area (Å²) in [6.45, 7) is 11.7. The van der Waals surface area contributed by atoms with E-state index in [1.807, 2.05) is 0 Å². The molecule has 1 aromatic heterocycles. The Morgan fingerprint density at radius 1 is 1.37 bits per heavy atom. The smallest absolute Gasteiger partial charge is 0.297 e. The number of ether oxygens (including phenoxy) is 1. The van der Waals surface area contributed by atoms with Gasteiger partial charge in [-0.25, -0.2) is 0 Å². The highest BCUT2D eigenvalue weighted by Gasteiger charge is 2.14. The molecule has 0 aliphatic carbocycles. The number of nitrogens with one attached hydrogen (secondary N) is 1. The Bertz CT molecular complexity index is 350. The van der Waals surface area contributed by atoms with E-state index in [2.05, 4.69) is 42.9 Å². The van der Waals surface area contributed by atoms with Crippen molar-refractivity contribution in [3.63, 3.8) is 0 Å². The van der Waals surface area contributed by atoms with Crippen LogP contribution in [-0.2, 0) is 11.3 Å². The molecular formula is C14H27N3O2. The molecule has 0 bridgehead atoms. The van der Waals surface area contributed by atoms with E-state index < -0.39 is 0 Å². The lowest BCUT2D eigenvalue weighted by Crippen LogP contribution is -2.31. The lowest BCUT2D eigenvalue weighted by Gasteiger charge is -2.22. The number of hydrogen-bond acceptors (Lipinski definition) is 5. The van der Waals surface area contributed by atoms with Crippen molar-refractivity contribution in [3.05, 3.63) is 12.0 Å². The van der Waals surface area contributed by atoms with Crippen molar-refractivity contribution in [2.24, 2.45) is 5.92 Å². The summed E-state index contributed by atoms with van der Waals surface area (Å²) < 4.78 is 10.7. The third-order valence-corrected chi connectivity index (χ3v) is 2.65. The lowest BCUT2D eigenvalue weighted by molar-refractivity contribution is 0.203. The SMILES string of the molecule is COCCN(CC(C)C)c1nc(CNC(C)C)co1. The van der Waals surface area contributed by atoms with Crippen molar-refractivity contribution in [1.82, 2.24) is 10.3 Å². The van der Waals surface area contributed by atoms with Gasteiger partial charge in [-0.15, -0.1) is 0 Å². The van der Waals surface area contributed by atoms with E-state index in [0.29, 0.717) is 24.6 Å². The van der Waals surface area contributed by atoms with Crippen LogP contribution in [0.25, 0.3) is 0 Å². The highest BCUT2D eigenvalue weighted by Crippen LogP contribution is 2.15. The van der Waals surface area contributed by atoms with Crippen molar-refractivity contribution in [1.29, 1.82) is 0 Å². The maximum atomic E-state index is 5.58. The summed E-state index contributed by atoms with van der Waals surface area (Å²) in [6, 6.07) is 1.13. The number of anilines is 1. The zero-order valence-electron chi connectivity index (χ0n) is 12.8.